The Morgan fingerprint density at radius 3 is 2.70 bits per heavy atom. The maximum Gasteiger partial charge on any atom is 0.417 e. The summed E-state index contributed by atoms with van der Waals surface area (Å²) in [6, 6.07) is 2.28. The molecule has 0 unspecified atom stereocenters. The second kappa shape index (κ2) is 9.57. The van der Waals surface area contributed by atoms with Crippen LogP contribution in [0.1, 0.15) is 18.4 Å². The number of rotatable bonds is 6. The number of ether oxygens (including phenoxy) is 1. The van der Waals surface area contributed by atoms with Gasteiger partial charge in [0.2, 0.25) is 0 Å². The fourth-order valence-corrected chi connectivity index (χ4v) is 3.48. The summed E-state index contributed by atoms with van der Waals surface area (Å²) in [7, 11) is 0. The van der Waals surface area contributed by atoms with Crippen LogP contribution in [0, 0.1) is 15.9 Å². The summed E-state index contributed by atoms with van der Waals surface area (Å²) in [4.78, 5) is 39.6. The first kappa shape index (κ1) is 24.2. The SMILES string of the molecule is O=C(COC(=O)[C@@H]1CCCN1c1ncc(C(F)(F)F)cc1Cl)Nc1cc([N+](=O)[O-])ccc1F. The lowest BCUT2D eigenvalue weighted by Gasteiger charge is -2.25. The van der Waals surface area contributed by atoms with Gasteiger partial charge in [-0.05, 0) is 25.0 Å². The van der Waals surface area contributed by atoms with Crippen LogP contribution in [0.15, 0.2) is 30.5 Å². The molecule has 2 aromatic rings. The third-order valence-electron chi connectivity index (χ3n) is 4.73. The highest BCUT2D eigenvalue weighted by Gasteiger charge is 2.36. The second-order valence-electron chi connectivity index (χ2n) is 6.96. The van der Waals surface area contributed by atoms with Gasteiger partial charge in [0.05, 0.1) is 21.2 Å². The number of carbonyl (C=O) groups is 2. The van der Waals surface area contributed by atoms with Crippen LogP contribution in [0.4, 0.5) is 34.8 Å². The zero-order valence-electron chi connectivity index (χ0n) is 16.6. The number of hydrogen-bond acceptors (Lipinski definition) is 7. The summed E-state index contributed by atoms with van der Waals surface area (Å²) in [6.07, 6.45) is -3.27. The maximum absolute atomic E-state index is 13.8. The number of pyridine rings is 1. The number of hydrogen-bond donors (Lipinski definition) is 1. The van der Waals surface area contributed by atoms with Crippen molar-refractivity contribution >= 4 is 40.7 Å². The Bertz CT molecular complexity index is 1100. The summed E-state index contributed by atoms with van der Waals surface area (Å²) in [6.45, 7) is -0.553. The zero-order valence-corrected chi connectivity index (χ0v) is 17.3. The molecule has 1 saturated heterocycles. The summed E-state index contributed by atoms with van der Waals surface area (Å²) in [5.74, 6) is -2.77. The average Bonchev–Trinajstić information content (AvgIpc) is 3.22. The Morgan fingerprint density at radius 1 is 1.33 bits per heavy atom. The summed E-state index contributed by atoms with van der Waals surface area (Å²) in [5.41, 5.74) is -1.96. The van der Waals surface area contributed by atoms with Crippen molar-refractivity contribution in [2.75, 3.05) is 23.4 Å². The normalized spacial score (nSPS) is 15.9. The Morgan fingerprint density at radius 2 is 2.06 bits per heavy atom. The van der Waals surface area contributed by atoms with E-state index in [0.717, 1.165) is 18.2 Å². The molecule has 0 aliphatic carbocycles. The van der Waals surface area contributed by atoms with Crippen molar-refractivity contribution in [1.29, 1.82) is 0 Å². The fraction of sp³-hybridized carbons (Fsp3) is 0.316. The van der Waals surface area contributed by atoms with Crippen molar-refractivity contribution in [2.24, 2.45) is 0 Å². The molecule has 0 spiro atoms. The van der Waals surface area contributed by atoms with Crippen LogP contribution < -0.4 is 10.2 Å². The van der Waals surface area contributed by atoms with E-state index in [2.05, 4.69) is 10.3 Å². The molecule has 1 aliphatic rings. The molecule has 1 amide bonds. The van der Waals surface area contributed by atoms with Crippen LogP contribution in [0.3, 0.4) is 0 Å². The average molecular weight is 491 g/mol. The largest absolute Gasteiger partial charge is 0.454 e. The van der Waals surface area contributed by atoms with Gasteiger partial charge in [0.25, 0.3) is 11.6 Å². The number of nitrogens with zero attached hydrogens (tertiary/aromatic N) is 3. The van der Waals surface area contributed by atoms with E-state index in [-0.39, 0.29) is 23.8 Å². The van der Waals surface area contributed by atoms with Crippen LogP contribution in [-0.4, -0.2) is 41.0 Å². The van der Waals surface area contributed by atoms with Gasteiger partial charge in [-0.3, -0.25) is 14.9 Å². The van der Waals surface area contributed by atoms with E-state index < -0.39 is 58.4 Å². The first-order valence-corrected chi connectivity index (χ1v) is 9.75. The number of esters is 1. The molecule has 1 fully saturated rings. The monoisotopic (exact) mass is 490 g/mol. The lowest BCUT2D eigenvalue weighted by molar-refractivity contribution is -0.384. The molecule has 14 heteroatoms. The van der Waals surface area contributed by atoms with E-state index in [1.807, 2.05) is 0 Å². The second-order valence-corrected chi connectivity index (χ2v) is 7.36. The molecule has 1 atom stereocenters. The fourth-order valence-electron chi connectivity index (χ4n) is 3.20. The van der Waals surface area contributed by atoms with Crippen LogP contribution >= 0.6 is 11.6 Å². The molecule has 0 bridgehead atoms. The summed E-state index contributed by atoms with van der Waals surface area (Å²) >= 11 is 5.95. The first-order chi connectivity index (χ1) is 15.5. The number of aromatic nitrogens is 1. The van der Waals surface area contributed by atoms with Crippen molar-refractivity contribution < 1.29 is 36.8 Å². The zero-order chi connectivity index (χ0) is 24.3. The minimum atomic E-state index is -4.63. The lowest BCUT2D eigenvalue weighted by Crippen LogP contribution is -2.39. The molecule has 1 N–H and O–H groups in total. The number of non-ortho nitro benzene ring substituents is 1. The van der Waals surface area contributed by atoms with E-state index in [4.69, 9.17) is 16.3 Å². The van der Waals surface area contributed by atoms with Crippen LogP contribution in [0.2, 0.25) is 5.02 Å². The Hall–Kier alpha value is -3.48. The Balaban J connectivity index is 1.64. The molecule has 0 saturated carbocycles. The predicted octanol–water partition coefficient (Wildman–Crippen LogP) is 3.95. The van der Waals surface area contributed by atoms with Crippen molar-refractivity contribution in [3.63, 3.8) is 0 Å². The molecular formula is C19H15ClF4N4O5. The summed E-state index contributed by atoms with van der Waals surface area (Å²) in [5, 5.41) is 12.5. The van der Waals surface area contributed by atoms with Gasteiger partial charge in [-0.15, -0.1) is 0 Å². The first-order valence-electron chi connectivity index (χ1n) is 9.37. The highest BCUT2D eigenvalue weighted by atomic mass is 35.5. The molecule has 0 radical (unpaired) electrons. The molecule has 1 aliphatic heterocycles. The highest BCUT2D eigenvalue weighted by Crippen LogP contribution is 2.35. The van der Waals surface area contributed by atoms with E-state index in [9.17, 15) is 37.3 Å². The van der Waals surface area contributed by atoms with Gasteiger partial charge < -0.3 is 15.0 Å². The number of anilines is 2. The van der Waals surface area contributed by atoms with Crippen LogP contribution in [0.25, 0.3) is 0 Å². The van der Waals surface area contributed by atoms with Gasteiger partial charge in [-0.25, -0.2) is 14.2 Å². The summed E-state index contributed by atoms with van der Waals surface area (Å²) < 4.78 is 57.2. The van der Waals surface area contributed by atoms with E-state index in [1.165, 1.54) is 4.90 Å². The van der Waals surface area contributed by atoms with Gasteiger partial charge in [0.15, 0.2) is 6.61 Å². The Labute approximate surface area is 188 Å². The topological polar surface area (TPSA) is 115 Å². The quantitative estimate of drug-likeness (QED) is 0.282. The third-order valence-corrected chi connectivity index (χ3v) is 5.00. The number of amides is 1. The van der Waals surface area contributed by atoms with E-state index in [1.54, 1.807) is 0 Å². The third kappa shape index (κ3) is 5.66. The molecule has 2 heterocycles. The van der Waals surface area contributed by atoms with Crippen molar-refractivity contribution in [1.82, 2.24) is 4.98 Å². The van der Waals surface area contributed by atoms with Crippen molar-refractivity contribution in [2.45, 2.75) is 25.1 Å². The molecule has 3 rings (SSSR count). The number of halogens is 5. The van der Waals surface area contributed by atoms with Crippen LogP contribution in [0.5, 0.6) is 0 Å². The Kier molecular flexibility index (Phi) is 7.01. The van der Waals surface area contributed by atoms with Crippen LogP contribution in [-0.2, 0) is 20.5 Å². The van der Waals surface area contributed by atoms with Gasteiger partial charge in [0.1, 0.15) is 17.7 Å². The van der Waals surface area contributed by atoms with Gasteiger partial charge >= 0.3 is 12.1 Å². The standard InChI is InChI=1S/C19H15ClF4N4O5/c20-12-6-10(19(22,23)24)8-25-17(12)27-5-1-2-15(27)18(30)33-9-16(29)26-14-7-11(28(31)32)3-4-13(14)21/h3-4,6-8,15H,1-2,5,9H2,(H,26,29)/t15-/m0/s1. The van der Waals surface area contributed by atoms with Crippen molar-refractivity contribution in [3.8, 4) is 0 Å². The molecule has 9 nitrogen and oxygen atoms in total. The minimum absolute atomic E-state index is 0.0350. The molecular weight excluding hydrogens is 476 g/mol. The molecule has 176 valence electrons. The highest BCUT2D eigenvalue weighted by molar-refractivity contribution is 6.33. The number of alkyl halides is 3. The molecule has 33 heavy (non-hydrogen) atoms. The minimum Gasteiger partial charge on any atom is -0.454 e. The number of benzene rings is 1. The van der Waals surface area contributed by atoms with E-state index >= 15 is 0 Å². The number of nitro groups is 1. The lowest BCUT2D eigenvalue weighted by atomic mass is 10.2. The van der Waals surface area contributed by atoms with Gasteiger partial charge in [-0.2, -0.15) is 13.2 Å². The number of nitro benzene ring substituents is 1. The number of nitrogens with one attached hydrogen (secondary N) is 1. The maximum atomic E-state index is 13.8. The van der Waals surface area contributed by atoms with Crippen molar-refractivity contribution in [3.05, 3.63) is 57.0 Å². The van der Waals surface area contributed by atoms with Gasteiger partial charge in [0, 0.05) is 24.9 Å². The predicted molar refractivity (Wildman–Crippen MR) is 107 cm³/mol. The molecule has 1 aromatic carbocycles. The smallest absolute Gasteiger partial charge is 0.417 e. The van der Waals surface area contributed by atoms with Gasteiger partial charge in [-0.1, -0.05) is 11.6 Å². The molecule has 1 aromatic heterocycles. The number of carbonyl (C=O) groups excluding carboxylic acids is 2. The van der Waals surface area contributed by atoms with E-state index in [0.29, 0.717) is 18.7 Å².